The van der Waals surface area contributed by atoms with Gasteiger partial charge in [-0.05, 0) is 55.9 Å². The number of amides is 2. The lowest BCUT2D eigenvalue weighted by Gasteiger charge is -2.39. The number of fused-ring (bicyclic) bond motifs is 3. The van der Waals surface area contributed by atoms with Gasteiger partial charge >= 0.3 is 12.2 Å². The van der Waals surface area contributed by atoms with Crippen LogP contribution >= 0.6 is 0 Å². The van der Waals surface area contributed by atoms with E-state index in [1.807, 2.05) is 24.3 Å². The number of hydrogen-bond donors (Lipinski definition) is 2. The first-order valence-electron chi connectivity index (χ1n) is 11.4. The van der Waals surface area contributed by atoms with Gasteiger partial charge in [0.05, 0.1) is 18.7 Å². The Kier molecular flexibility index (Phi) is 6.34. The minimum atomic E-state index is -1.22. The molecule has 1 fully saturated rings. The number of nitrogens with zero attached hydrogens (tertiary/aromatic N) is 1. The summed E-state index contributed by atoms with van der Waals surface area (Å²) in [6, 6.07) is 16.3. The van der Waals surface area contributed by atoms with Crippen LogP contribution in [0.4, 0.5) is 9.59 Å². The summed E-state index contributed by atoms with van der Waals surface area (Å²) in [5.41, 5.74) is 2.80. The van der Waals surface area contributed by atoms with Crippen molar-refractivity contribution in [3.05, 3.63) is 59.7 Å². The molecule has 4 rings (SSSR count). The standard InChI is InChI=1S/C26H32N2O5/c1-25(2,3)33-24(30)28-14-8-13-26(31,17-28)16-27-23(29)32-15-22-20-11-6-4-9-18(20)19-10-5-7-12-21(19)22/h4-7,9-12,22,31H,8,13-17H2,1-3H3,(H,27,29). The highest BCUT2D eigenvalue weighted by Crippen LogP contribution is 2.44. The fourth-order valence-electron chi connectivity index (χ4n) is 4.63. The molecule has 176 valence electrons. The zero-order chi connectivity index (χ0) is 23.6. The van der Waals surface area contributed by atoms with Crippen LogP contribution in [0.5, 0.6) is 0 Å². The molecule has 1 aliphatic carbocycles. The van der Waals surface area contributed by atoms with Gasteiger partial charge in [-0.3, -0.25) is 0 Å². The summed E-state index contributed by atoms with van der Waals surface area (Å²) in [6.45, 7) is 6.25. The largest absolute Gasteiger partial charge is 0.449 e. The maximum absolute atomic E-state index is 12.5. The maximum Gasteiger partial charge on any atom is 0.410 e. The highest BCUT2D eigenvalue weighted by atomic mass is 16.6. The minimum absolute atomic E-state index is 0.00295. The molecule has 1 saturated heterocycles. The molecule has 2 aliphatic rings. The first-order valence-corrected chi connectivity index (χ1v) is 11.4. The van der Waals surface area contributed by atoms with Crippen LogP contribution in [-0.4, -0.2) is 59.6 Å². The van der Waals surface area contributed by atoms with E-state index in [-0.39, 0.29) is 25.6 Å². The fraction of sp³-hybridized carbons (Fsp3) is 0.462. The lowest BCUT2D eigenvalue weighted by atomic mass is 9.93. The van der Waals surface area contributed by atoms with E-state index >= 15 is 0 Å². The predicted octanol–water partition coefficient (Wildman–Crippen LogP) is 4.29. The van der Waals surface area contributed by atoms with Gasteiger partial charge in [-0.15, -0.1) is 0 Å². The summed E-state index contributed by atoms with van der Waals surface area (Å²) in [5.74, 6) is -0.0245. The Balaban J connectivity index is 1.32. The van der Waals surface area contributed by atoms with Crippen molar-refractivity contribution in [3.8, 4) is 11.1 Å². The summed E-state index contributed by atoms with van der Waals surface area (Å²) in [6.07, 6.45) is 0.0689. The molecule has 1 aliphatic heterocycles. The van der Waals surface area contributed by atoms with E-state index in [0.717, 1.165) is 11.1 Å². The molecule has 7 heteroatoms. The molecule has 2 N–H and O–H groups in total. The molecule has 2 amide bonds. The van der Waals surface area contributed by atoms with Crippen molar-refractivity contribution >= 4 is 12.2 Å². The van der Waals surface area contributed by atoms with Crippen molar-refractivity contribution in [1.29, 1.82) is 0 Å². The molecule has 2 aromatic carbocycles. The lowest BCUT2D eigenvalue weighted by Crippen LogP contribution is -2.56. The van der Waals surface area contributed by atoms with Crippen molar-refractivity contribution in [2.75, 3.05) is 26.2 Å². The second-order valence-electron chi connectivity index (χ2n) is 9.91. The van der Waals surface area contributed by atoms with Crippen LogP contribution in [0, 0.1) is 0 Å². The third-order valence-electron chi connectivity index (χ3n) is 6.11. The molecule has 0 spiro atoms. The molecule has 1 unspecified atom stereocenters. The van der Waals surface area contributed by atoms with Gasteiger partial charge in [-0.1, -0.05) is 48.5 Å². The number of carbonyl (C=O) groups is 2. The van der Waals surface area contributed by atoms with Crippen molar-refractivity contribution in [2.24, 2.45) is 0 Å². The number of β-amino-alcohol motifs (C(OH)–C–C–N with tert-alkyl or cyclic N) is 1. The second kappa shape index (κ2) is 9.06. The lowest BCUT2D eigenvalue weighted by molar-refractivity contribution is -0.0413. The van der Waals surface area contributed by atoms with Crippen LogP contribution in [0.3, 0.4) is 0 Å². The van der Waals surface area contributed by atoms with Crippen molar-refractivity contribution in [2.45, 2.75) is 50.7 Å². The monoisotopic (exact) mass is 452 g/mol. The number of carbonyl (C=O) groups excluding carboxylic acids is 2. The summed E-state index contributed by atoms with van der Waals surface area (Å²) >= 11 is 0. The second-order valence-corrected chi connectivity index (χ2v) is 9.91. The third-order valence-corrected chi connectivity index (χ3v) is 6.11. The van der Waals surface area contributed by atoms with Crippen LogP contribution in [0.15, 0.2) is 48.5 Å². The molecule has 7 nitrogen and oxygen atoms in total. The van der Waals surface area contributed by atoms with Gasteiger partial charge in [0.15, 0.2) is 0 Å². The average molecular weight is 453 g/mol. The van der Waals surface area contributed by atoms with E-state index in [4.69, 9.17) is 9.47 Å². The summed E-state index contributed by atoms with van der Waals surface area (Å²) in [5, 5.41) is 13.6. The van der Waals surface area contributed by atoms with E-state index < -0.39 is 23.4 Å². The van der Waals surface area contributed by atoms with E-state index in [9.17, 15) is 14.7 Å². The van der Waals surface area contributed by atoms with E-state index in [2.05, 4.69) is 29.6 Å². The maximum atomic E-state index is 12.5. The van der Waals surface area contributed by atoms with Crippen LogP contribution in [0.2, 0.25) is 0 Å². The Morgan fingerprint density at radius 2 is 1.70 bits per heavy atom. The molecule has 1 heterocycles. The zero-order valence-electron chi connectivity index (χ0n) is 19.5. The highest BCUT2D eigenvalue weighted by Gasteiger charge is 2.37. The fourth-order valence-corrected chi connectivity index (χ4v) is 4.63. The van der Waals surface area contributed by atoms with Crippen molar-refractivity contribution in [3.63, 3.8) is 0 Å². The summed E-state index contributed by atoms with van der Waals surface area (Å²) in [4.78, 5) is 26.3. The highest BCUT2D eigenvalue weighted by molar-refractivity contribution is 5.79. The Morgan fingerprint density at radius 3 is 2.30 bits per heavy atom. The van der Waals surface area contributed by atoms with Crippen LogP contribution in [0.25, 0.3) is 11.1 Å². The Bertz CT molecular complexity index is 986. The number of aliphatic hydroxyl groups is 1. The average Bonchev–Trinajstić information content (AvgIpc) is 3.09. The first-order chi connectivity index (χ1) is 15.7. The first kappa shape index (κ1) is 23.1. The molecule has 1 atom stereocenters. The zero-order valence-corrected chi connectivity index (χ0v) is 19.5. The number of alkyl carbamates (subject to hydrolysis) is 1. The number of rotatable bonds is 4. The number of hydrogen-bond acceptors (Lipinski definition) is 5. The quantitative estimate of drug-likeness (QED) is 0.723. The van der Waals surface area contributed by atoms with Crippen LogP contribution in [-0.2, 0) is 9.47 Å². The van der Waals surface area contributed by atoms with Gasteiger partial charge < -0.3 is 24.8 Å². The number of nitrogens with one attached hydrogen (secondary N) is 1. The van der Waals surface area contributed by atoms with Crippen LogP contribution in [0.1, 0.15) is 50.7 Å². The Morgan fingerprint density at radius 1 is 1.09 bits per heavy atom. The number of piperidine rings is 1. The molecular weight excluding hydrogens is 420 g/mol. The molecule has 0 aromatic heterocycles. The molecular formula is C26H32N2O5. The number of likely N-dealkylation sites (tertiary alicyclic amines) is 1. The van der Waals surface area contributed by atoms with E-state index in [1.54, 1.807) is 20.8 Å². The molecule has 33 heavy (non-hydrogen) atoms. The van der Waals surface area contributed by atoms with Gasteiger partial charge in [0.2, 0.25) is 0 Å². The van der Waals surface area contributed by atoms with Crippen LogP contribution < -0.4 is 5.32 Å². The summed E-state index contributed by atoms with van der Waals surface area (Å²) < 4.78 is 11.0. The topological polar surface area (TPSA) is 88.1 Å². The van der Waals surface area contributed by atoms with Crippen molar-refractivity contribution in [1.82, 2.24) is 10.2 Å². The molecule has 0 bridgehead atoms. The summed E-state index contributed by atoms with van der Waals surface area (Å²) in [7, 11) is 0. The SMILES string of the molecule is CC(C)(C)OC(=O)N1CCCC(O)(CNC(=O)OCC2c3ccccc3-c3ccccc32)C1. The van der Waals surface area contributed by atoms with Gasteiger partial charge in [0, 0.05) is 12.5 Å². The Labute approximate surface area is 194 Å². The molecule has 2 aromatic rings. The minimum Gasteiger partial charge on any atom is -0.449 e. The van der Waals surface area contributed by atoms with Gasteiger partial charge in [-0.2, -0.15) is 0 Å². The Hall–Kier alpha value is -3.06. The van der Waals surface area contributed by atoms with Gasteiger partial charge in [-0.25, -0.2) is 9.59 Å². The number of ether oxygens (including phenoxy) is 2. The molecule has 0 radical (unpaired) electrons. The van der Waals surface area contributed by atoms with E-state index in [0.29, 0.717) is 19.4 Å². The number of benzene rings is 2. The van der Waals surface area contributed by atoms with E-state index in [1.165, 1.54) is 16.0 Å². The normalized spacial score (nSPS) is 20.1. The van der Waals surface area contributed by atoms with Gasteiger partial charge in [0.25, 0.3) is 0 Å². The predicted molar refractivity (Wildman–Crippen MR) is 125 cm³/mol. The smallest absolute Gasteiger partial charge is 0.410 e. The van der Waals surface area contributed by atoms with Gasteiger partial charge in [0.1, 0.15) is 12.2 Å². The van der Waals surface area contributed by atoms with Crippen molar-refractivity contribution < 1.29 is 24.2 Å². The third kappa shape index (κ3) is 5.30. The molecule has 0 saturated carbocycles.